The molecule has 6 rings (SSSR count). The number of amides is 3. The molecule has 2 bridgehead atoms. The minimum absolute atomic E-state index is 0.0900. The van der Waals surface area contributed by atoms with Crippen LogP contribution in [0, 0.1) is 11.7 Å². The van der Waals surface area contributed by atoms with Crippen molar-refractivity contribution in [2.24, 2.45) is 16.6 Å². The number of benzene rings is 1. The van der Waals surface area contributed by atoms with Gasteiger partial charge in [0.25, 0.3) is 0 Å². The van der Waals surface area contributed by atoms with Gasteiger partial charge in [0.2, 0.25) is 11.9 Å². The predicted octanol–water partition coefficient (Wildman–Crippen LogP) is 4.01. The van der Waals surface area contributed by atoms with Crippen molar-refractivity contribution in [1.29, 1.82) is 0 Å². The number of primary amides is 1. The standard InChI is InChI=1S/C29H38FN7O2/c1-32-29-34-25-10-12-35(28(31)39)17-26(25)37(29)23-15-21-8-9-22(16-23)36(21)13-11-24(19-6-3-7-20(30)14-19)33-27(38)18-4-2-5-18/h3,6-7,14,18,21-24H,1-2,4-5,8-13,15-17H2,(H2,31,39)(H,33,38)/t21?,22?,23?,24-/m0/s1. The van der Waals surface area contributed by atoms with Gasteiger partial charge >= 0.3 is 6.03 Å². The normalized spacial score (nSPS) is 25.6. The molecule has 0 radical (unpaired) electrons. The SMILES string of the molecule is C=Nc1nc2c(n1C1CC3CCC(C1)N3CC[C@H](NC(=O)C1CCC1)c1cccc(F)c1)CN(C(N)=O)CC2. The Bertz CT molecular complexity index is 1240. The van der Waals surface area contributed by atoms with Gasteiger partial charge in [-0.1, -0.05) is 18.6 Å². The zero-order valence-corrected chi connectivity index (χ0v) is 22.4. The highest BCUT2D eigenvalue weighted by Crippen LogP contribution is 2.44. The number of nitrogens with two attached hydrogens (primary N) is 1. The molecule has 3 atom stereocenters. The highest BCUT2D eigenvalue weighted by molar-refractivity contribution is 5.79. The molecule has 1 aromatic heterocycles. The van der Waals surface area contributed by atoms with E-state index in [1.54, 1.807) is 17.0 Å². The van der Waals surface area contributed by atoms with E-state index in [0.29, 0.717) is 37.5 Å². The Labute approximate surface area is 228 Å². The van der Waals surface area contributed by atoms with Crippen LogP contribution < -0.4 is 11.1 Å². The highest BCUT2D eigenvalue weighted by Gasteiger charge is 2.43. The second-order valence-electron chi connectivity index (χ2n) is 11.6. The van der Waals surface area contributed by atoms with Crippen molar-refractivity contribution in [2.45, 2.75) is 88.5 Å². The first-order valence-corrected chi connectivity index (χ1v) is 14.3. The number of carbonyl (C=O) groups excluding carboxylic acids is 2. The van der Waals surface area contributed by atoms with Crippen LogP contribution in [0.5, 0.6) is 0 Å². The molecule has 10 heteroatoms. The summed E-state index contributed by atoms with van der Waals surface area (Å²) >= 11 is 0. The minimum atomic E-state index is -0.409. The van der Waals surface area contributed by atoms with Crippen LogP contribution in [0.2, 0.25) is 0 Å². The smallest absolute Gasteiger partial charge is 0.315 e. The van der Waals surface area contributed by atoms with Crippen molar-refractivity contribution >= 4 is 24.6 Å². The molecular formula is C29H38FN7O2. The Morgan fingerprint density at radius 1 is 1.18 bits per heavy atom. The van der Waals surface area contributed by atoms with Crippen LogP contribution in [0.1, 0.15) is 80.4 Å². The Morgan fingerprint density at radius 3 is 2.59 bits per heavy atom. The number of nitrogens with zero attached hydrogens (tertiary/aromatic N) is 5. The molecule has 208 valence electrons. The summed E-state index contributed by atoms with van der Waals surface area (Å²) in [5, 5.41) is 3.24. The van der Waals surface area contributed by atoms with Gasteiger partial charge in [0.15, 0.2) is 0 Å². The summed E-state index contributed by atoms with van der Waals surface area (Å²) in [5.74, 6) is 0.541. The topological polar surface area (TPSA) is 109 Å². The number of hydrogen-bond donors (Lipinski definition) is 2. The first kappa shape index (κ1) is 26.0. The fourth-order valence-corrected chi connectivity index (χ4v) is 7.16. The second kappa shape index (κ2) is 10.7. The average molecular weight is 536 g/mol. The van der Waals surface area contributed by atoms with E-state index in [1.807, 2.05) is 6.07 Å². The Kier molecular flexibility index (Phi) is 7.14. The molecule has 3 amide bonds. The van der Waals surface area contributed by atoms with E-state index < -0.39 is 6.03 Å². The van der Waals surface area contributed by atoms with Crippen LogP contribution in [-0.4, -0.2) is 63.2 Å². The molecular weight excluding hydrogens is 497 g/mol. The van der Waals surface area contributed by atoms with Crippen molar-refractivity contribution in [2.75, 3.05) is 13.1 Å². The third-order valence-corrected chi connectivity index (χ3v) is 9.43. The number of aromatic nitrogens is 2. The lowest BCUT2D eigenvalue weighted by atomic mass is 9.84. The van der Waals surface area contributed by atoms with E-state index in [-0.39, 0.29) is 29.7 Å². The summed E-state index contributed by atoms with van der Waals surface area (Å²) in [5.41, 5.74) is 8.45. The fourth-order valence-electron chi connectivity index (χ4n) is 7.16. The van der Waals surface area contributed by atoms with Crippen LogP contribution in [0.4, 0.5) is 15.1 Å². The monoisotopic (exact) mass is 535 g/mol. The summed E-state index contributed by atoms with van der Waals surface area (Å²) in [4.78, 5) is 38.0. The molecule has 0 spiro atoms. The van der Waals surface area contributed by atoms with E-state index >= 15 is 0 Å². The minimum Gasteiger partial charge on any atom is -0.351 e. The second-order valence-corrected chi connectivity index (χ2v) is 11.6. The van der Waals surface area contributed by atoms with Gasteiger partial charge in [-0.25, -0.2) is 19.2 Å². The van der Waals surface area contributed by atoms with Gasteiger partial charge in [0, 0.05) is 43.6 Å². The van der Waals surface area contributed by atoms with Gasteiger partial charge in [-0.05, 0) is 69.4 Å². The summed E-state index contributed by atoms with van der Waals surface area (Å²) in [6, 6.07) is 7.08. The molecule has 1 aromatic carbocycles. The zero-order chi connectivity index (χ0) is 27.1. The first-order valence-electron chi connectivity index (χ1n) is 14.3. The third kappa shape index (κ3) is 5.06. The lowest BCUT2D eigenvalue weighted by molar-refractivity contribution is -0.128. The lowest BCUT2D eigenvalue weighted by Crippen LogP contribution is -2.46. The fraction of sp³-hybridized carbons (Fsp3) is 0.586. The van der Waals surface area contributed by atoms with Gasteiger partial charge in [0.05, 0.1) is 24.0 Å². The highest BCUT2D eigenvalue weighted by atomic mass is 19.1. The van der Waals surface area contributed by atoms with Gasteiger partial charge in [-0.3, -0.25) is 9.69 Å². The van der Waals surface area contributed by atoms with E-state index in [1.165, 1.54) is 6.07 Å². The Balaban J connectivity index is 1.16. The molecule has 39 heavy (non-hydrogen) atoms. The van der Waals surface area contributed by atoms with Crippen molar-refractivity contribution < 1.29 is 14.0 Å². The van der Waals surface area contributed by atoms with E-state index in [4.69, 9.17) is 10.7 Å². The molecule has 2 aromatic rings. The molecule has 3 fully saturated rings. The van der Waals surface area contributed by atoms with Crippen molar-refractivity contribution in [3.63, 3.8) is 0 Å². The maximum atomic E-state index is 14.1. The lowest BCUT2D eigenvalue weighted by Gasteiger charge is -2.41. The van der Waals surface area contributed by atoms with Gasteiger partial charge in [-0.15, -0.1) is 0 Å². The number of carbonyl (C=O) groups is 2. The van der Waals surface area contributed by atoms with Crippen molar-refractivity contribution in [1.82, 2.24) is 24.7 Å². The average Bonchev–Trinajstić information content (AvgIpc) is 3.37. The van der Waals surface area contributed by atoms with Crippen LogP contribution in [0.15, 0.2) is 29.3 Å². The summed E-state index contributed by atoms with van der Waals surface area (Å²) in [6.45, 7) is 5.65. The number of aliphatic imine (C=N–C) groups is 1. The number of hydrogen-bond acceptors (Lipinski definition) is 5. The Hall–Kier alpha value is -3.27. The molecule has 3 N–H and O–H groups in total. The van der Waals surface area contributed by atoms with E-state index in [2.05, 4.69) is 26.5 Å². The summed E-state index contributed by atoms with van der Waals surface area (Å²) in [7, 11) is 0. The number of piperidine rings is 1. The van der Waals surface area contributed by atoms with Crippen LogP contribution in [-0.2, 0) is 17.8 Å². The van der Waals surface area contributed by atoms with E-state index in [0.717, 1.165) is 74.9 Å². The maximum absolute atomic E-state index is 14.1. The molecule has 3 aliphatic heterocycles. The number of urea groups is 1. The van der Waals surface area contributed by atoms with Gasteiger partial charge in [0.1, 0.15) is 5.82 Å². The number of nitrogens with one attached hydrogen (secondary N) is 1. The number of fused-ring (bicyclic) bond motifs is 3. The van der Waals surface area contributed by atoms with Crippen molar-refractivity contribution in [3.8, 4) is 0 Å². The number of halogens is 1. The molecule has 1 saturated carbocycles. The number of imidazole rings is 1. The molecule has 9 nitrogen and oxygen atoms in total. The van der Waals surface area contributed by atoms with Crippen LogP contribution in [0.3, 0.4) is 0 Å². The van der Waals surface area contributed by atoms with Gasteiger partial charge in [-0.2, -0.15) is 0 Å². The molecule has 4 aliphatic rings. The Morgan fingerprint density at radius 2 is 1.95 bits per heavy atom. The van der Waals surface area contributed by atoms with Crippen molar-refractivity contribution in [3.05, 3.63) is 47.0 Å². The van der Waals surface area contributed by atoms with E-state index in [9.17, 15) is 14.0 Å². The van der Waals surface area contributed by atoms with Crippen LogP contribution in [0.25, 0.3) is 0 Å². The molecule has 1 aliphatic carbocycles. The third-order valence-electron chi connectivity index (χ3n) is 9.43. The summed E-state index contributed by atoms with van der Waals surface area (Å²) in [6.07, 6.45) is 8.59. The maximum Gasteiger partial charge on any atom is 0.315 e. The number of rotatable bonds is 8. The first-order chi connectivity index (χ1) is 18.9. The summed E-state index contributed by atoms with van der Waals surface area (Å²) < 4.78 is 16.3. The molecule has 2 saturated heterocycles. The van der Waals surface area contributed by atoms with Crippen LogP contribution >= 0.6 is 0 Å². The predicted molar refractivity (Wildman–Crippen MR) is 146 cm³/mol. The largest absolute Gasteiger partial charge is 0.351 e. The van der Waals surface area contributed by atoms with Gasteiger partial charge < -0.3 is 20.5 Å². The quantitative estimate of drug-likeness (QED) is 0.498. The molecule has 4 heterocycles. The molecule has 2 unspecified atom stereocenters. The zero-order valence-electron chi connectivity index (χ0n) is 22.4.